The van der Waals surface area contributed by atoms with Crippen LogP contribution in [0.15, 0.2) is 12.5 Å². The lowest BCUT2D eigenvalue weighted by Gasteiger charge is -2.14. The van der Waals surface area contributed by atoms with Gasteiger partial charge < -0.3 is 9.84 Å². The van der Waals surface area contributed by atoms with E-state index in [9.17, 15) is 0 Å². The van der Waals surface area contributed by atoms with Crippen LogP contribution in [0.5, 0.6) is 0 Å². The van der Waals surface area contributed by atoms with Crippen molar-refractivity contribution in [2.75, 3.05) is 0 Å². The molecule has 1 unspecified atom stereocenters. The molecule has 0 saturated carbocycles. The van der Waals surface area contributed by atoms with Crippen LogP contribution in [0.2, 0.25) is 0 Å². The molecule has 0 aromatic heterocycles. The molecule has 0 saturated heterocycles. The van der Waals surface area contributed by atoms with Gasteiger partial charge in [0.2, 0.25) is 0 Å². The highest BCUT2D eigenvalue weighted by Gasteiger charge is 2.05. The van der Waals surface area contributed by atoms with Gasteiger partial charge in [0.1, 0.15) is 6.10 Å². The summed E-state index contributed by atoms with van der Waals surface area (Å²) in [5, 5.41) is 8.66. The largest absolute Gasteiger partial charge is 0.481 e. The second-order valence-corrected chi connectivity index (χ2v) is 2.33. The fourth-order valence-corrected chi connectivity index (χ4v) is 0.861. The third-order valence-electron chi connectivity index (χ3n) is 1.37. The minimum atomic E-state index is -0.166. The molecule has 2 nitrogen and oxygen atoms in total. The molecule has 0 bridgehead atoms. The second kappa shape index (κ2) is 5.15. The summed E-state index contributed by atoms with van der Waals surface area (Å²) < 4.78 is 5.00. The van der Waals surface area contributed by atoms with E-state index in [0.717, 1.165) is 19.3 Å². The molecule has 0 aliphatic heterocycles. The number of hydrogen-bond acceptors (Lipinski definition) is 2. The molecule has 0 aliphatic carbocycles. The maximum Gasteiger partial charge on any atom is 0.269 e. The van der Waals surface area contributed by atoms with Gasteiger partial charge in [-0.05, 0) is 19.4 Å². The highest BCUT2D eigenvalue weighted by Crippen LogP contribution is 2.08. The molecule has 0 heterocycles. The first-order valence-electron chi connectivity index (χ1n) is 3.75. The van der Waals surface area contributed by atoms with Crippen LogP contribution in [0.4, 0.5) is 0 Å². The zero-order valence-corrected chi connectivity index (χ0v) is 6.76. The van der Waals surface area contributed by atoms with Gasteiger partial charge in [-0.3, -0.25) is 0 Å². The Hall–Kier alpha value is -0.660. The normalized spacial score (nSPS) is 12.6. The predicted molar refractivity (Wildman–Crippen MR) is 41.8 cm³/mol. The van der Waals surface area contributed by atoms with E-state index in [2.05, 4.69) is 13.5 Å². The molecule has 0 aromatic carbocycles. The number of aliphatic hydroxyl groups is 1. The predicted octanol–water partition coefficient (Wildman–Crippen LogP) is 2.61. The summed E-state index contributed by atoms with van der Waals surface area (Å²) in [5.74, 6) is -0.166. The molecule has 1 atom stereocenters. The lowest BCUT2D eigenvalue weighted by Crippen LogP contribution is -2.10. The van der Waals surface area contributed by atoms with Gasteiger partial charge in [-0.25, -0.2) is 0 Å². The molecular weight excluding hydrogens is 128 g/mol. The smallest absolute Gasteiger partial charge is 0.269 e. The van der Waals surface area contributed by atoms with Crippen molar-refractivity contribution in [3.63, 3.8) is 0 Å². The third-order valence-corrected chi connectivity index (χ3v) is 1.37. The monoisotopic (exact) mass is 144 g/mol. The average molecular weight is 144 g/mol. The topological polar surface area (TPSA) is 29.5 Å². The van der Waals surface area contributed by atoms with Crippen molar-refractivity contribution in [1.29, 1.82) is 0 Å². The zero-order valence-electron chi connectivity index (χ0n) is 6.76. The van der Waals surface area contributed by atoms with E-state index in [1.54, 1.807) is 0 Å². The first-order chi connectivity index (χ1) is 4.70. The highest BCUT2D eigenvalue weighted by atomic mass is 16.6. The van der Waals surface area contributed by atoms with Crippen molar-refractivity contribution in [2.45, 2.75) is 39.2 Å². The van der Waals surface area contributed by atoms with Gasteiger partial charge in [0.05, 0.1) is 0 Å². The van der Waals surface area contributed by atoms with Gasteiger partial charge in [0.25, 0.3) is 5.95 Å². The van der Waals surface area contributed by atoms with Crippen molar-refractivity contribution in [1.82, 2.24) is 0 Å². The zero-order chi connectivity index (χ0) is 7.98. The summed E-state index contributed by atoms with van der Waals surface area (Å²) >= 11 is 0. The van der Waals surface area contributed by atoms with E-state index in [1.165, 1.54) is 0 Å². The van der Waals surface area contributed by atoms with E-state index in [-0.39, 0.29) is 12.0 Å². The number of ether oxygens (including phenoxy) is 1. The van der Waals surface area contributed by atoms with Crippen molar-refractivity contribution in [3.05, 3.63) is 12.5 Å². The SMILES string of the molecule is C=C(O)OC(CC)CCC. The summed E-state index contributed by atoms with van der Waals surface area (Å²) in [5.41, 5.74) is 0. The molecule has 0 aromatic rings. The van der Waals surface area contributed by atoms with Crippen LogP contribution in [-0.2, 0) is 4.74 Å². The molecule has 0 rings (SSSR count). The lowest BCUT2D eigenvalue weighted by molar-refractivity contribution is 0.0270. The highest BCUT2D eigenvalue weighted by molar-refractivity contribution is 4.67. The van der Waals surface area contributed by atoms with Crippen LogP contribution in [0.3, 0.4) is 0 Å². The summed E-state index contributed by atoms with van der Waals surface area (Å²) in [6.45, 7) is 7.38. The molecule has 0 aliphatic rings. The van der Waals surface area contributed by atoms with Gasteiger partial charge in [0.15, 0.2) is 0 Å². The van der Waals surface area contributed by atoms with Crippen LogP contribution in [0, 0.1) is 0 Å². The Morgan fingerprint density at radius 3 is 2.50 bits per heavy atom. The first kappa shape index (κ1) is 9.34. The van der Waals surface area contributed by atoms with E-state index in [4.69, 9.17) is 9.84 Å². The molecule has 60 valence electrons. The van der Waals surface area contributed by atoms with Crippen LogP contribution in [-0.4, -0.2) is 11.2 Å². The number of hydrogen-bond donors (Lipinski definition) is 1. The standard InChI is InChI=1S/C8H16O2/c1-4-6-8(5-2)10-7(3)9/h8-9H,3-6H2,1-2H3. The number of rotatable bonds is 5. The average Bonchev–Trinajstić information content (AvgIpc) is 1.86. The second-order valence-electron chi connectivity index (χ2n) is 2.33. The molecule has 1 N–H and O–H groups in total. The minimum absolute atomic E-state index is 0.141. The Morgan fingerprint density at radius 2 is 2.20 bits per heavy atom. The van der Waals surface area contributed by atoms with Gasteiger partial charge in [-0.1, -0.05) is 20.3 Å². The van der Waals surface area contributed by atoms with Crippen molar-refractivity contribution in [3.8, 4) is 0 Å². The first-order valence-corrected chi connectivity index (χ1v) is 3.75. The molecule has 0 spiro atoms. The Bertz CT molecular complexity index is 99.4. The molecule has 10 heavy (non-hydrogen) atoms. The molecule has 2 heteroatoms. The maximum atomic E-state index is 8.66. The van der Waals surface area contributed by atoms with Gasteiger partial charge in [0, 0.05) is 0 Å². The van der Waals surface area contributed by atoms with E-state index < -0.39 is 0 Å². The van der Waals surface area contributed by atoms with Crippen LogP contribution >= 0.6 is 0 Å². The summed E-state index contributed by atoms with van der Waals surface area (Å²) in [7, 11) is 0. The molecular formula is C8H16O2. The fraction of sp³-hybridized carbons (Fsp3) is 0.750. The fourth-order valence-electron chi connectivity index (χ4n) is 0.861. The maximum absolute atomic E-state index is 8.66. The van der Waals surface area contributed by atoms with Crippen molar-refractivity contribution < 1.29 is 9.84 Å². The summed E-state index contributed by atoms with van der Waals surface area (Å²) in [6.07, 6.45) is 3.12. The van der Waals surface area contributed by atoms with Crippen LogP contribution in [0.25, 0.3) is 0 Å². The minimum Gasteiger partial charge on any atom is -0.481 e. The lowest BCUT2D eigenvalue weighted by atomic mass is 10.2. The van der Waals surface area contributed by atoms with Gasteiger partial charge in [-0.15, -0.1) is 0 Å². The van der Waals surface area contributed by atoms with E-state index in [1.807, 2.05) is 6.92 Å². The Kier molecular flexibility index (Phi) is 4.81. The number of aliphatic hydroxyl groups excluding tert-OH is 1. The van der Waals surface area contributed by atoms with E-state index in [0.29, 0.717) is 0 Å². The van der Waals surface area contributed by atoms with Gasteiger partial charge in [-0.2, -0.15) is 0 Å². The Morgan fingerprint density at radius 1 is 1.60 bits per heavy atom. The quantitative estimate of drug-likeness (QED) is 0.601. The molecule has 0 radical (unpaired) electrons. The summed E-state index contributed by atoms with van der Waals surface area (Å²) in [4.78, 5) is 0. The molecule has 0 amide bonds. The van der Waals surface area contributed by atoms with Crippen LogP contribution < -0.4 is 0 Å². The van der Waals surface area contributed by atoms with E-state index >= 15 is 0 Å². The Balaban J connectivity index is 3.49. The third kappa shape index (κ3) is 4.24. The molecule has 0 fully saturated rings. The Labute approximate surface area is 62.5 Å². The van der Waals surface area contributed by atoms with Crippen molar-refractivity contribution in [2.24, 2.45) is 0 Å². The summed E-state index contributed by atoms with van der Waals surface area (Å²) in [6, 6.07) is 0. The van der Waals surface area contributed by atoms with Crippen molar-refractivity contribution >= 4 is 0 Å². The van der Waals surface area contributed by atoms with Crippen LogP contribution in [0.1, 0.15) is 33.1 Å². The van der Waals surface area contributed by atoms with Gasteiger partial charge >= 0.3 is 0 Å².